The van der Waals surface area contributed by atoms with Gasteiger partial charge in [0.1, 0.15) is 0 Å². The Labute approximate surface area is 174 Å². The molecule has 4 heterocycles. The van der Waals surface area contributed by atoms with Crippen LogP contribution in [-0.4, -0.2) is 21.0 Å². The lowest BCUT2D eigenvalue weighted by molar-refractivity contribution is -0.116. The van der Waals surface area contributed by atoms with E-state index in [1.807, 2.05) is 22.9 Å². The molecule has 0 saturated carbocycles. The number of carbonyl (C=O) groups is 1. The van der Waals surface area contributed by atoms with E-state index in [0.29, 0.717) is 36.1 Å². The molecule has 0 spiro atoms. The zero-order valence-electron chi connectivity index (χ0n) is 15.4. The molecule has 1 N–H and O–H groups in total. The number of hydrogen-bond acceptors (Lipinski definition) is 8. The molecule has 4 aromatic rings. The molecule has 0 atom stereocenters. The van der Waals surface area contributed by atoms with Gasteiger partial charge >= 0.3 is 0 Å². The number of anilines is 1. The zero-order chi connectivity index (χ0) is 19.5. The van der Waals surface area contributed by atoms with Crippen LogP contribution in [0.4, 0.5) is 5.13 Å². The van der Waals surface area contributed by atoms with Gasteiger partial charge in [0, 0.05) is 33.5 Å². The first kappa shape index (κ1) is 19.0. The fourth-order valence-electron chi connectivity index (χ4n) is 2.78. The van der Waals surface area contributed by atoms with E-state index < -0.39 is 0 Å². The first-order chi connectivity index (χ1) is 13.6. The molecule has 0 aliphatic carbocycles. The van der Waals surface area contributed by atoms with Crippen molar-refractivity contribution in [2.75, 3.05) is 5.32 Å². The highest BCUT2D eigenvalue weighted by molar-refractivity contribution is 7.14. The van der Waals surface area contributed by atoms with Gasteiger partial charge < -0.3 is 9.84 Å². The van der Waals surface area contributed by atoms with Crippen LogP contribution in [0.25, 0.3) is 22.0 Å². The number of rotatable bonds is 7. The third-order valence-electron chi connectivity index (χ3n) is 4.07. The van der Waals surface area contributed by atoms with Crippen molar-refractivity contribution in [3.63, 3.8) is 0 Å². The van der Waals surface area contributed by atoms with Gasteiger partial charge in [-0.25, -0.2) is 4.98 Å². The molecule has 0 aliphatic rings. The van der Waals surface area contributed by atoms with Crippen LogP contribution < -0.4 is 5.32 Å². The van der Waals surface area contributed by atoms with Crippen LogP contribution in [0, 0.1) is 13.8 Å². The first-order valence-electron chi connectivity index (χ1n) is 8.78. The minimum atomic E-state index is -0.0582. The molecule has 0 bridgehead atoms. The summed E-state index contributed by atoms with van der Waals surface area (Å²) in [5, 5.41) is 11.4. The Morgan fingerprint density at radius 2 is 2.14 bits per heavy atom. The number of carbonyl (C=O) groups excluding carboxylic acids is 1. The minimum absolute atomic E-state index is 0.0582. The zero-order valence-corrected chi connectivity index (χ0v) is 17.8. The number of nitrogens with zero attached hydrogens (tertiary/aromatic N) is 3. The molecule has 4 rings (SSSR count). The molecule has 0 aliphatic heterocycles. The molecule has 0 radical (unpaired) electrons. The van der Waals surface area contributed by atoms with E-state index in [9.17, 15) is 4.79 Å². The minimum Gasteiger partial charge on any atom is -0.339 e. The Balaban J connectivity index is 1.28. The van der Waals surface area contributed by atoms with Gasteiger partial charge in [-0.15, -0.1) is 34.0 Å². The van der Waals surface area contributed by atoms with E-state index in [1.54, 1.807) is 22.7 Å². The molecule has 0 saturated heterocycles. The first-order valence-corrected chi connectivity index (χ1v) is 11.4. The van der Waals surface area contributed by atoms with Gasteiger partial charge in [-0.2, -0.15) is 4.98 Å². The Bertz CT molecular complexity index is 1080. The predicted molar refractivity (Wildman–Crippen MR) is 114 cm³/mol. The van der Waals surface area contributed by atoms with Gasteiger partial charge in [-0.3, -0.25) is 4.79 Å². The van der Waals surface area contributed by atoms with Crippen molar-refractivity contribution >= 4 is 45.0 Å². The second kappa shape index (κ2) is 8.34. The molecule has 0 fully saturated rings. The average Bonchev–Trinajstić information content (AvgIpc) is 3.42. The normalized spacial score (nSPS) is 11.1. The maximum atomic E-state index is 12.2. The molecule has 0 unspecified atom stereocenters. The summed E-state index contributed by atoms with van der Waals surface area (Å²) in [4.78, 5) is 24.6. The van der Waals surface area contributed by atoms with Crippen LogP contribution in [-0.2, 0) is 11.2 Å². The smallest absolute Gasteiger partial charge is 0.226 e. The summed E-state index contributed by atoms with van der Waals surface area (Å²) in [6.07, 6.45) is 1.59. The van der Waals surface area contributed by atoms with Gasteiger partial charge in [-0.1, -0.05) is 11.2 Å². The summed E-state index contributed by atoms with van der Waals surface area (Å²) in [6, 6.07) is 6.04. The van der Waals surface area contributed by atoms with Crippen LogP contribution in [0.2, 0.25) is 0 Å². The van der Waals surface area contributed by atoms with Crippen molar-refractivity contribution in [2.45, 2.75) is 33.1 Å². The fraction of sp³-hybridized carbons (Fsp3) is 0.263. The molecular weight excluding hydrogens is 412 g/mol. The summed E-state index contributed by atoms with van der Waals surface area (Å²) in [6.45, 7) is 4.18. The maximum absolute atomic E-state index is 12.2. The largest absolute Gasteiger partial charge is 0.339 e. The van der Waals surface area contributed by atoms with E-state index in [1.165, 1.54) is 21.1 Å². The number of thiazole rings is 1. The monoisotopic (exact) mass is 430 g/mol. The summed E-state index contributed by atoms with van der Waals surface area (Å²) >= 11 is 4.77. The van der Waals surface area contributed by atoms with Gasteiger partial charge in [0.15, 0.2) is 5.13 Å². The Hall–Kier alpha value is -2.36. The number of nitrogens with one attached hydrogen (secondary N) is 1. The summed E-state index contributed by atoms with van der Waals surface area (Å²) in [7, 11) is 0. The second-order valence-corrected chi connectivity index (χ2v) is 9.52. The van der Waals surface area contributed by atoms with Gasteiger partial charge in [0.05, 0.1) is 10.6 Å². The van der Waals surface area contributed by atoms with Crippen molar-refractivity contribution < 1.29 is 9.32 Å². The van der Waals surface area contributed by atoms with Crippen molar-refractivity contribution in [3.8, 4) is 22.0 Å². The number of thiophene rings is 2. The van der Waals surface area contributed by atoms with Crippen molar-refractivity contribution in [1.82, 2.24) is 15.1 Å². The molecule has 4 aromatic heterocycles. The number of aryl methyl sites for hydroxylation is 3. The molecule has 1 amide bonds. The third kappa shape index (κ3) is 4.37. The number of amides is 1. The van der Waals surface area contributed by atoms with Crippen molar-refractivity contribution in [1.29, 1.82) is 0 Å². The van der Waals surface area contributed by atoms with Crippen LogP contribution in [0.1, 0.15) is 28.5 Å². The van der Waals surface area contributed by atoms with Crippen molar-refractivity contribution in [3.05, 3.63) is 44.6 Å². The van der Waals surface area contributed by atoms with Gasteiger partial charge in [-0.05, 0) is 37.8 Å². The molecule has 0 aromatic carbocycles. The molecule has 28 heavy (non-hydrogen) atoms. The van der Waals surface area contributed by atoms with E-state index in [4.69, 9.17) is 4.52 Å². The quantitative estimate of drug-likeness (QED) is 0.415. The third-order valence-corrected chi connectivity index (χ3v) is 6.66. The molecular formula is C19H18N4O2S3. The Morgan fingerprint density at radius 1 is 1.25 bits per heavy atom. The predicted octanol–water partition coefficient (Wildman–Crippen LogP) is 5.56. The van der Waals surface area contributed by atoms with E-state index in [2.05, 4.69) is 40.4 Å². The fourth-order valence-corrected chi connectivity index (χ4v) is 5.09. The van der Waals surface area contributed by atoms with E-state index >= 15 is 0 Å². The highest BCUT2D eigenvalue weighted by Gasteiger charge is 2.13. The van der Waals surface area contributed by atoms with E-state index in [-0.39, 0.29) is 5.91 Å². The summed E-state index contributed by atoms with van der Waals surface area (Å²) in [5.41, 5.74) is 2.05. The number of aromatic nitrogens is 3. The van der Waals surface area contributed by atoms with Crippen LogP contribution in [0.5, 0.6) is 0 Å². The highest BCUT2D eigenvalue weighted by Crippen LogP contribution is 2.32. The lowest BCUT2D eigenvalue weighted by Gasteiger charge is -2.00. The average molecular weight is 431 g/mol. The maximum Gasteiger partial charge on any atom is 0.226 e. The van der Waals surface area contributed by atoms with Crippen molar-refractivity contribution in [2.24, 2.45) is 0 Å². The lowest BCUT2D eigenvalue weighted by atomic mass is 10.2. The van der Waals surface area contributed by atoms with Crippen LogP contribution >= 0.6 is 34.0 Å². The summed E-state index contributed by atoms with van der Waals surface area (Å²) in [5.74, 6) is 1.09. The van der Waals surface area contributed by atoms with Gasteiger partial charge in [0.2, 0.25) is 17.6 Å². The Kier molecular flexibility index (Phi) is 5.65. The van der Waals surface area contributed by atoms with Crippen LogP contribution in [0.3, 0.4) is 0 Å². The van der Waals surface area contributed by atoms with Gasteiger partial charge in [0.25, 0.3) is 0 Å². The van der Waals surface area contributed by atoms with Crippen LogP contribution in [0.15, 0.2) is 33.5 Å². The molecule has 6 nitrogen and oxygen atoms in total. The second-order valence-electron chi connectivity index (χ2n) is 6.26. The standard InChI is InChI=1S/C19H18N4O2S3/c1-11-9-13(12(2)28-11)14-10-27-19(20-14)21-16(24)6-3-7-17-22-18(23-25-17)15-5-4-8-26-15/h4-5,8-10H,3,6-7H2,1-2H3,(H,20,21,24). The Morgan fingerprint density at radius 3 is 2.89 bits per heavy atom. The highest BCUT2D eigenvalue weighted by atomic mass is 32.1. The topological polar surface area (TPSA) is 80.9 Å². The van der Waals surface area contributed by atoms with E-state index in [0.717, 1.165) is 16.1 Å². The lowest BCUT2D eigenvalue weighted by Crippen LogP contribution is -2.11. The number of hydrogen-bond donors (Lipinski definition) is 1. The SMILES string of the molecule is Cc1cc(-c2csc(NC(=O)CCCc3nc(-c4cccs4)no3)n2)c(C)s1. The summed E-state index contributed by atoms with van der Waals surface area (Å²) < 4.78 is 5.26. The molecule has 9 heteroatoms. The molecule has 144 valence electrons.